The van der Waals surface area contributed by atoms with Crippen molar-refractivity contribution in [3.05, 3.63) is 70.7 Å². The highest BCUT2D eigenvalue weighted by atomic mass is 32.2. The van der Waals surface area contributed by atoms with Crippen LogP contribution in [0.5, 0.6) is 0 Å². The van der Waals surface area contributed by atoms with Crippen molar-refractivity contribution in [2.24, 2.45) is 0 Å². The predicted molar refractivity (Wildman–Crippen MR) is 109 cm³/mol. The van der Waals surface area contributed by atoms with Gasteiger partial charge in [0.15, 0.2) is 0 Å². The third kappa shape index (κ3) is 5.14. The van der Waals surface area contributed by atoms with Crippen molar-refractivity contribution in [1.82, 2.24) is 4.98 Å². The van der Waals surface area contributed by atoms with Gasteiger partial charge in [0.1, 0.15) is 5.01 Å². The van der Waals surface area contributed by atoms with E-state index in [9.17, 15) is 18.0 Å². The number of rotatable bonds is 6. The number of benzene rings is 2. The number of nitrogens with zero attached hydrogens (tertiary/aromatic N) is 1. The number of hydrogen-bond acceptors (Lipinski definition) is 4. The van der Waals surface area contributed by atoms with E-state index < -0.39 is 17.6 Å². The molecule has 1 aromatic heterocycles. The lowest BCUT2D eigenvalue weighted by Crippen LogP contribution is -2.18. The Labute approximate surface area is 169 Å². The maximum atomic E-state index is 13.0. The summed E-state index contributed by atoms with van der Waals surface area (Å²) in [5.74, 6) is 0.168. The Morgan fingerprint density at radius 2 is 1.79 bits per heavy atom. The van der Waals surface area contributed by atoms with E-state index in [0.29, 0.717) is 5.75 Å². The summed E-state index contributed by atoms with van der Waals surface area (Å²) in [6.07, 6.45) is -4.51. The molecular formula is C20H17F3N2OS2. The van der Waals surface area contributed by atoms with Gasteiger partial charge in [0.2, 0.25) is 5.91 Å². The molecule has 0 aliphatic heterocycles. The van der Waals surface area contributed by atoms with Gasteiger partial charge >= 0.3 is 6.18 Å². The van der Waals surface area contributed by atoms with Crippen LogP contribution >= 0.6 is 23.1 Å². The Morgan fingerprint density at radius 3 is 2.50 bits per heavy atom. The maximum Gasteiger partial charge on any atom is 0.418 e. The van der Waals surface area contributed by atoms with Gasteiger partial charge in [-0.05, 0) is 19.1 Å². The summed E-state index contributed by atoms with van der Waals surface area (Å²) in [6.45, 7) is 1.92. The van der Waals surface area contributed by atoms with E-state index in [0.717, 1.165) is 27.2 Å². The molecule has 28 heavy (non-hydrogen) atoms. The molecule has 1 amide bonds. The lowest BCUT2D eigenvalue weighted by Gasteiger charge is -2.13. The third-order valence-corrected chi connectivity index (χ3v) is 6.23. The number of para-hydroxylation sites is 1. The average molecular weight is 422 g/mol. The number of hydrogen-bond donors (Lipinski definition) is 1. The van der Waals surface area contributed by atoms with E-state index in [1.165, 1.54) is 30.0 Å². The maximum absolute atomic E-state index is 13.0. The largest absolute Gasteiger partial charge is 0.418 e. The molecule has 0 unspecified atom stereocenters. The number of anilines is 1. The van der Waals surface area contributed by atoms with Gasteiger partial charge in [0, 0.05) is 16.2 Å². The van der Waals surface area contributed by atoms with Crippen molar-refractivity contribution in [1.29, 1.82) is 0 Å². The van der Waals surface area contributed by atoms with Gasteiger partial charge in [0.25, 0.3) is 0 Å². The Bertz CT molecular complexity index is 956. The Kier molecular flexibility index (Phi) is 6.41. The number of carbonyl (C=O) groups excluding carboxylic acids is 1. The molecule has 0 saturated heterocycles. The first-order valence-electron chi connectivity index (χ1n) is 8.40. The van der Waals surface area contributed by atoms with Crippen LogP contribution in [0.15, 0.2) is 54.6 Å². The molecule has 3 rings (SSSR count). The van der Waals surface area contributed by atoms with Crippen molar-refractivity contribution in [2.45, 2.75) is 18.9 Å². The van der Waals surface area contributed by atoms with E-state index in [-0.39, 0.29) is 11.4 Å². The monoisotopic (exact) mass is 422 g/mol. The van der Waals surface area contributed by atoms with Crippen LogP contribution in [0.1, 0.15) is 16.1 Å². The van der Waals surface area contributed by atoms with Crippen molar-refractivity contribution < 1.29 is 18.0 Å². The molecule has 0 atom stereocenters. The second-order valence-corrected chi connectivity index (χ2v) is 8.05. The lowest BCUT2D eigenvalue weighted by molar-refractivity contribution is -0.137. The fourth-order valence-electron chi connectivity index (χ4n) is 2.53. The molecule has 1 N–H and O–H groups in total. The minimum atomic E-state index is -4.51. The number of aromatic nitrogens is 1. The molecule has 0 spiro atoms. The molecule has 0 bridgehead atoms. The van der Waals surface area contributed by atoms with Gasteiger partial charge < -0.3 is 5.32 Å². The number of nitrogens with one attached hydrogen (secondary N) is 1. The van der Waals surface area contributed by atoms with E-state index in [1.54, 1.807) is 11.3 Å². The molecule has 3 aromatic rings. The number of thioether (sulfide) groups is 1. The van der Waals surface area contributed by atoms with Gasteiger partial charge in [-0.2, -0.15) is 13.2 Å². The highest BCUT2D eigenvalue weighted by Gasteiger charge is 2.33. The summed E-state index contributed by atoms with van der Waals surface area (Å²) >= 11 is 2.91. The fourth-order valence-corrected chi connectivity index (χ4v) is 4.63. The molecular weight excluding hydrogens is 405 g/mol. The van der Waals surface area contributed by atoms with Crippen LogP contribution in [0.25, 0.3) is 10.6 Å². The van der Waals surface area contributed by atoms with Crippen molar-refractivity contribution >= 4 is 34.7 Å². The summed E-state index contributed by atoms with van der Waals surface area (Å²) in [5, 5.41) is 3.27. The summed E-state index contributed by atoms with van der Waals surface area (Å²) in [5.41, 5.74) is 0.868. The molecule has 8 heteroatoms. The highest BCUT2D eigenvalue weighted by Crippen LogP contribution is 2.35. The number of alkyl halides is 3. The van der Waals surface area contributed by atoms with Gasteiger partial charge in [-0.15, -0.1) is 23.1 Å². The fraction of sp³-hybridized carbons (Fsp3) is 0.200. The van der Waals surface area contributed by atoms with Crippen LogP contribution < -0.4 is 5.32 Å². The van der Waals surface area contributed by atoms with Crippen molar-refractivity contribution in [3.63, 3.8) is 0 Å². The first kappa shape index (κ1) is 20.4. The third-order valence-electron chi connectivity index (χ3n) is 3.89. The van der Waals surface area contributed by atoms with Crippen LogP contribution in [0.2, 0.25) is 0 Å². The van der Waals surface area contributed by atoms with Gasteiger partial charge in [-0.1, -0.05) is 42.5 Å². The summed E-state index contributed by atoms with van der Waals surface area (Å²) in [4.78, 5) is 17.7. The number of aryl methyl sites for hydroxylation is 1. The van der Waals surface area contributed by atoms with E-state index in [1.807, 2.05) is 37.3 Å². The smallest absolute Gasteiger partial charge is 0.325 e. The minimum absolute atomic E-state index is 0.0597. The van der Waals surface area contributed by atoms with Crippen molar-refractivity contribution in [3.8, 4) is 10.6 Å². The van der Waals surface area contributed by atoms with Crippen LogP contribution in [-0.2, 0) is 16.7 Å². The van der Waals surface area contributed by atoms with Crippen LogP contribution in [0.3, 0.4) is 0 Å². The van der Waals surface area contributed by atoms with Gasteiger partial charge in [0.05, 0.1) is 22.7 Å². The van der Waals surface area contributed by atoms with Crippen LogP contribution in [-0.4, -0.2) is 16.6 Å². The normalized spacial score (nSPS) is 11.4. The number of carbonyl (C=O) groups is 1. The van der Waals surface area contributed by atoms with Gasteiger partial charge in [-0.25, -0.2) is 4.98 Å². The van der Waals surface area contributed by atoms with E-state index in [4.69, 9.17) is 0 Å². The number of thiazole rings is 1. The highest BCUT2D eigenvalue weighted by molar-refractivity contribution is 7.99. The predicted octanol–water partition coefficient (Wildman–Crippen LogP) is 6.01. The van der Waals surface area contributed by atoms with E-state index >= 15 is 0 Å². The molecule has 0 radical (unpaired) electrons. The zero-order chi connectivity index (χ0) is 20.1. The van der Waals surface area contributed by atoms with Gasteiger partial charge in [-0.3, -0.25) is 4.79 Å². The average Bonchev–Trinajstić information content (AvgIpc) is 3.03. The Balaban J connectivity index is 1.58. The quantitative estimate of drug-likeness (QED) is 0.529. The molecule has 0 aliphatic carbocycles. The zero-order valence-corrected chi connectivity index (χ0v) is 16.5. The summed E-state index contributed by atoms with van der Waals surface area (Å²) in [7, 11) is 0. The molecule has 146 valence electrons. The zero-order valence-electron chi connectivity index (χ0n) is 14.9. The molecule has 0 saturated carbocycles. The molecule has 2 aromatic carbocycles. The van der Waals surface area contributed by atoms with Crippen LogP contribution in [0.4, 0.5) is 18.9 Å². The number of halogens is 3. The Hall–Kier alpha value is -2.32. The second kappa shape index (κ2) is 8.79. The molecule has 1 heterocycles. The number of amides is 1. The summed E-state index contributed by atoms with van der Waals surface area (Å²) in [6, 6.07) is 14.8. The molecule has 3 nitrogen and oxygen atoms in total. The Morgan fingerprint density at radius 1 is 1.11 bits per heavy atom. The first-order valence-corrected chi connectivity index (χ1v) is 10.4. The topological polar surface area (TPSA) is 42.0 Å². The standard InChI is InChI=1S/C20H17F3N2OS2/c1-13-17(28-19(24-13)14-7-3-2-4-8-14)11-27-12-18(26)25-16-10-6-5-9-15(16)20(21,22)23/h2-10H,11-12H2,1H3,(H,25,26). The lowest BCUT2D eigenvalue weighted by atomic mass is 10.1. The molecule has 0 aliphatic rings. The van der Waals surface area contributed by atoms with E-state index in [2.05, 4.69) is 10.3 Å². The molecule has 0 fully saturated rings. The van der Waals surface area contributed by atoms with Crippen molar-refractivity contribution in [2.75, 3.05) is 11.1 Å². The van der Waals surface area contributed by atoms with Crippen LogP contribution in [0, 0.1) is 6.92 Å². The second-order valence-electron chi connectivity index (χ2n) is 5.98. The first-order chi connectivity index (χ1) is 13.3. The minimum Gasteiger partial charge on any atom is -0.325 e. The summed E-state index contributed by atoms with van der Waals surface area (Å²) < 4.78 is 39.0. The SMILES string of the molecule is Cc1nc(-c2ccccc2)sc1CSCC(=O)Nc1ccccc1C(F)(F)F.